The van der Waals surface area contributed by atoms with E-state index >= 15 is 0 Å². The number of carboxylic acid groups (broad SMARTS) is 1. The molecule has 1 amide bonds. The Labute approximate surface area is 169 Å². The Hall–Kier alpha value is -2.95. The van der Waals surface area contributed by atoms with Gasteiger partial charge in [-0.1, -0.05) is 6.07 Å². The van der Waals surface area contributed by atoms with Gasteiger partial charge < -0.3 is 25.9 Å². The standard InChI is InChI=1S/C9H10N2O2.C8H6N2O3S.ClH/c10-4-6-1-2-8-7(3-6)11-9(12)5-13-8;1-3-2-14-7-4(3)6(11)9-5(10-7)8(12)13;/h1-3H,4-5,10H2,(H,11,12);2H,1H3,(H,12,13)(H,9,10,11);1H. The monoisotopic (exact) mass is 424 g/mol. The number of aromatic amines is 1. The molecule has 0 atom stereocenters. The molecule has 11 heteroatoms. The van der Waals surface area contributed by atoms with Crippen LogP contribution in [0.5, 0.6) is 5.75 Å². The van der Waals surface area contributed by atoms with Crippen LogP contribution >= 0.6 is 23.7 Å². The number of H-pyrrole nitrogens is 1. The van der Waals surface area contributed by atoms with Crippen LogP contribution in [-0.4, -0.2) is 33.6 Å². The summed E-state index contributed by atoms with van der Waals surface area (Å²) >= 11 is 1.27. The molecule has 4 rings (SSSR count). The topological polar surface area (TPSA) is 147 Å². The van der Waals surface area contributed by atoms with E-state index in [1.165, 1.54) is 11.3 Å². The van der Waals surface area contributed by atoms with E-state index in [4.69, 9.17) is 15.6 Å². The zero-order valence-corrected chi connectivity index (χ0v) is 16.3. The van der Waals surface area contributed by atoms with Crippen molar-refractivity contribution in [3.8, 4) is 5.75 Å². The van der Waals surface area contributed by atoms with Crippen molar-refractivity contribution in [3.05, 3.63) is 50.9 Å². The summed E-state index contributed by atoms with van der Waals surface area (Å²) in [5, 5.41) is 13.6. The molecule has 1 aromatic carbocycles. The van der Waals surface area contributed by atoms with Gasteiger partial charge in [-0.3, -0.25) is 9.59 Å². The molecule has 0 bridgehead atoms. The molecular weight excluding hydrogens is 408 g/mol. The van der Waals surface area contributed by atoms with E-state index in [1.54, 1.807) is 12.3 Å². The maximum Gasteiger partial charge on any atom is 0.372 e. The van der Waals surface area contributed by atoms with Crippen molar-refractivity contribution in [2.45, 2.75) is 13.5 Å². The molecule has 0 radical (unpaired) electrons. The number of hydrogen-bond donors (Lipinski definition) is 4. The van der Waals surface area contributed by atoms with Crippen LogP contribution in [0.4, 0.5) is 5.69 Å². The third kappa shape index (κ3) is 4.47. The van der Waals surface area contributed by atoms with E-state index in [9.17, 15) is 14.4 Å². The van der Waals surface area contributed by atoms with Gasteiger partial charge in [-0.05, 0) is 35.6 Å². The van der Waals surface area contributed by atoms with E-state index in [-0.39, 0.29) is 30.7 Å². The number of anilines is 1. The van der Waals surface area contributed by atoms with E-state index in [2.05, 4.69) is 15.3 Å². The Morgan fingerprint density at radius 1 is 1.39 bits per heavy atom. The summed E-state index contributed by atoms with van der Waals surface area (Å²) in [7, 11) is 0. The van der Waals surface area contributed by atoms with Crippen molar-refractivity contribution in [2.24, 2.45) is 5.73 Å². The number of nitrogens with two attached hydrogens (primary N) is 1. The number of thiophene rings is 1. The lowest BCUT2D eigenvalue weighted by molar-refractivity contribution is -0.118. The maximum absolute atomic E-state index is 11.4. The zero-order valence-electron chi connectivity index (χ0n) is 14.6. The molecule has 0 saturated heterocycles. The van der Waals surface area contributed by atoms with Gasteiger partial charge in [0.15, 0.2) is 6.61 Å². The smallest absolute Gasteiger partial charge is 0.372 e. The highest BCUT2D eigenvalue weighted by molar-refractivity contribution is 7.16. The van der Waals surface area contributed by atoms with E-state index in [0.29, 0.717) is 28.2 Å². The maximum atomic E-state index is 11.4. The Morgan fingerprint density at radius 2 is 2.14 bits per heavy atom. The molecule has 1 aliphatic rings. The van der Waals surface area contributed by atoms with Gasteiger partial charge in [0, 0.05) is 6.54 Å². The van der Waals surface area contributed by atoms with Crippen molar-refractivity contribution in [1.29, 1.82) is 0 Å². The fraction of sp³-hybridized carbons (Fsp3) is 0.176. The molecule has 0 aliphatic carbocycles. The summed E-state index contributed by atoms with van der Waals surface area (Å²) in [6.07, 6.45) is 0. The minimum absolute atomic E-state index is 0. The first-order chi connectivity index (χ1) is 12.9. The number of hydrogen-bond acceptors (Lipinski definition) is 7. The molecule has 0 unspecified atom stereocenters. The molecule has 0 fully saturated rings. The number of carbonyl (C=O) groups excluding carboxylic acids is 1. The number of benzene rings is 1. The minimum atomic E-state index is -1.23. The van der Waals surface area contributed by atoms with Crippen LogP contribution in [0.25, 0.3) is 10.2 Å². The molecule has 28 heavy (non-hydrogen) atoms. The number of aromatic nitrogens is 2. The lowest BCUT2D eigenvalue weighted by Gasteiger charge is -2.18. The number of nitrogens with one attached hydrogen (secondary N) is 2. The Balaban J connectivity index is 0.000000194. The Morgan fingerprint density at radius 3 is 2.82 bits per heavy atom. The molecule has 3 heterocycles. The largest absolute Gasteiger partial charge is 0.482 e. The quantitative estimate of drug-likeness (QED) is 0.491. The van der Waals surface area contributed by atoms with Crippen LogP contribution in [0.2, 0.25) is 0 Å². The Kier molecular flexibility index (Phi) is 6.73. The van der Waals surface area contributed by atoms with E-state index in [1.807, 2.05) is 18.2 Å². The normalized spacial score (nSPS) is 12.0. The highest BCUT2D eigenvalue weighted by atomic mass is 35.5. The third-order valence-corrected chi connectivity index (χ3v) is 4.73. The Bertz CT molecular complexity index is 1090. The SMILES string of the molecule is Cc1csc2nc(C(=O)O)[nH]c(=O)c12.Cl.NCc1ccc2c(c1)NC(=O)CO2. The molecule has 0 saturated carbocycles. The summed E-state index contributed by atoms with van der Waals surface area (Å²) in [5.74, 6) is -0.960. The van der Waals surface area contributed by atoms with E-state index in [0.717, 1.165) is 11.1 Å². The second kappa shape index (κ2) is 8.83. The lowest BCUT2D eigenvalue weighted by Crippen LogP contribution is -2.25. The highest BCUT2D eigenvalue weighted by Crippen LogP contribution is 2.28. The molecule has 3 aromatic rings. The third-order valence-electron chi connectivity index (χ3n) is 3.74. The first-order valence-corrected chi connectivity index (χ1v) is 8.74. The molecular formula is C17H17ClN4O5S. The van der Waals surface area contributed by atoms with Crippen LogP contribution in [0.3, 0.4) is 0 Å². The number of fused-ring (bicyclic) bond motifs is 2. The number of aryl methyl sites for hydroxylation is 1. The number of rotatable bonds is 2. The van der Waals surface area contributed by atoms with Gasteiger partial charge in [0.05, 0.1) is 11.1 Å². The average molecular weight is 425 g/mol. The number of carboxylic acids is 1. The summed E-state index contributed by atoms with van der Waals surface area (Å²) < 4.78 is 5.18. The summed E-state index contributed by atoms with van der Waals surface area (Å²) in [6, 6.07) is 5.53. The zero-order chi connectivity index (χ0) is 19.6. The fourth-order valence-electron chi connectivity index (χ4n) is 2.45. The first kappa shape index (κ1) is 21.4. The van der Waals surface area contributed by atoms with Gasteiger partial charge in [-0.25, -0.2) is 9.78 Å². The van der Waals surface area contributed by atoms with Gasteiger partial charge in [-0.15, -0.1) is 23.7 Å². The van der Waals surface area contributed by atoms with Gasteiger partial charge in [0.2, 0.25) is 5.82 Å². The molecule has 9 nitrogen and oxygen atoms in total. The minimum Gasteiger partial charge on any atom is -0.482 e. The van der Waals surface area contributed by atoms with Gasteiger partial charge in [0.1, 0.15) is 10.6 Å². The van der Waals surface area contributed by atoms with Crippen LogP contribution < -0.4 is 21.3 Å². The average Bonchev–Trinajstić information content (AvgIpc) is 3.03. The highest BCUT2D eigenvalue weighted by Gasteiger charge is 2.15. The number of ether oxygens (including phenoxy) is 1. The van der Waals surface area contributed by atoms with Crippen molar-refractivity contribution in [2.75, 3.05) is 11.9 Å². The summed E-state index contributed by atoms with van der Waals surface area (Å²) in [4.78, 5) is 39.5. The van der Waals surface area contributed by atoms with Gasteiger partial charge in [-0.2, -0.15) is 0 Å². The molecule has 5 N–H and O–H groups in total. The summed E-state index contributed by atoms with van der Waals surface area (Å²) in [6.45, 7) is 2.34. The number of aromatic carboxylic acids is 1. The van der Waals surface area contributed by atoms with Crippen LogP contribution in [0.15, 0.2) is 28.4 Å². The molecule has 2 aromatic heterocycles. The van der Waals surface area contributed by atoms with Crippen molar-refractivity contribution >= 4 is 51.5 Å². The number of nitrogens with zero attached hydrogens (tertiary/aromatic N) is 1. The van der Waals surface area contributed by atoms with Crippen molar-refractivity contribution < 1.29 is 19.4 Å². The second-order valence-corrected chi connectivity index (χ2v) is 6.55. The molecule has 0 spiro atoms. The van der Waals surface area contributed by atoms with Gasteiger partial charge >= 0.3 is 5.97 Å². The van der Waals surface area contributed by atoms with Crippen LogP contribution in [-0.2, 0) is 11.3 Å². The van der Waals surface area contributed by atoms with Gasteiger partial charge in [0.25, 0.3) is 11.5 Å². The predicted octanol–water partition coefficient (Wildman–Crippen LogP) is 1.89. The predicted molar refractivity (Wildman–Crippen MR) is 108 cm³/mol. The lowest BCUT2D eigenvalue weighted by atomic mass is 10.1. The fourth-order valence-corrected chi connectivity index (χ4v) is 3.37. The number of amides is 1. The first-order valence-electron chi connectivity index (χ1n) is 7.86. The molecule has 148 valence electrons. The van der Waals surface area contributed by atoms with Crippen LogP contribution in [0, 0.1) is 6.92 Å². The number of carbonyl (C=O) groups is 2. The van der Waals surface area contributed by atoms with Crippen molar-refractivity contribution in [3.63, 3.8) is 0 Å². The molecule has 1 aliphatic heterocycles. The van der Waals surface area contributed by atoms with Crippen LogP contribution in [0.1, 0.15) is 21.7 Å². The summed E-state index contributed by atoms with van der Waals surface area (Å²) in [5.41, 5.74) is 7.57. The second-order valence-electron chi connectivity index (χ2n) is 5.69. The van der Waals surface area contributed by atoms with E-state index < -0.39 is 11.5 Å². The van der Waals surface area contributed by atoms with Crippen molar-refractivity contribution in [1.82, 2.24) is 9.97 Å². The number of halogens is 1.